The van der Waals surface area contributed by atoms with Gasteiger partial charge in [0.15, 0.2) is 11.8 Å². The summed E-state index contributed by atoms with van der Waals surface area (Å²) in [5.74, 6) is -1.92. The molecule has 0 unspecified atom stereocenters. The first-order valence-electron chi connectivity index (χ1n) is 10.1. The molecule has 0 saturated carbocycles. The lowest BCUT2D eigenvalue weighted by atomic mass is 9.83. The van der Waals surface area contributed by atoms with Crippen LogP contribution in [0.5, 0.6) is 5.88 Å². The first-order chi connectivity index (χ1) is 16.1. The third kappa shape index (κ3) is 6.16. The normalized spacial score (nSPS) is 22.6. The van der Waals surface area contributed by atoms with Gasteiger partial charge in [0.2, 0.25) is 5.88 Å². The number of amides is 1. The fraction of sp³-hybridized carbons (Fsp3) is 0.429. The number of carbonyl (C=O) groups excluding carboxylic acids is 1. The van der Waals surface area contributed by atoms with Gasteiger partial charge in [0.1, 0.15) is 11.5 Å². The summed E-state index contributed by atoms with van der Waals surface area (Å²) in [5, 5.41) is 2.37. The van der Waals surface area contributed by atoms with Gasteiger partial charge in [-0.2, -0.15) is 13.2 Å². The zero-order chi connectivity index (χ0) is 26.2. The van der Waals surface area contributed by atoms with E-state index in [1.54, 1.807) is 0 Å². The highest BCUT2D eigenvalue weighted by Crippen LogP contribution is 2.48. The number of anilines is 1. The van der Waals surface area contributed by atoms with Crippen LogP contribution in [-0.2, 0) is 5.54 Å². The van der Waals surface area contributed by atoms with Gasteiger partial charge in [-0.05, 0) is 45.4 Å². The van der Waals surface area contributed by atoms with Gasteiger partial charge in [0.05, 0.1) is 22.2 Å². The Labute approximate surface area is 200 Å². The van der Waals surface area contributed by atoms with Crippen LogP contribution in [0.2, 0.25) is 0 Å². The Morgan fingerprint density at radius 1 is 1.31 bits per heavy atom. The van der Waals surface area contributed by atoms with Crippen molar-refractivity contribution in [2.24, 2.45) is 10.7 Å². The van der Waals surface area contributed by atoms with Crippen molar-refractivity contribution >= 4 is 28.5 Å². The molecular weight excluding hydrogens is 500 g/mol. The predicted octanol–water partition coefficient (Wildman–Crippen LogP) is 4.81. The van der Waals surface area contributed by atoms with E-state index < -0.39 is 47.1 Å². The molecule has 0 radical (unpaired) electrons. The van der Waals surface area contributed by atoms with Crippen molar-refractivity contribution in [3.8, 4) is 5.88 Å². The first-order valence-corrected chi connectivity index (χ1v) is 10.9. The van der Waals surface area contributed by atoms with Crippen molar-refractivity contribution in [2.45, 2.75) is 50.1 Å². The van der Waals surface area contributed by atoms with E-state index in [-0.39, 0.29) is 34.2 Å². The van der Waals surface area contributed by atoms with Gasteiger partial charge in [-0.1, -0.05) is 11.8 Å². The van der Waals surface area contributed by atoms with E-state index in [0.29, 0.717) is 11.8 Å². The third-order valence-electron chi connectivity index (χ3n) is 5.18. The average molecular weight is 521 g/mol. The molecule has 2 atom stereocenters. The number of nitrogens with one attached hydrogen (secondary N) is 1. The molecule has 1 amide bonds. The van der Waals surface area contributed by atoms with Gasteiger partial charge >= 0.3 is 6.18 Å². The Hall–Kier alpha value is -3.03. The largest absolute Gasteiger partial charge is 0.467 e. The zero-order valence-corrected chi connectivity index (χ0v) is 19.5. The lowest BCUT2D eigenvalue weighted by molar-refractivity contribution is -0.154. The molecule has 0 saturated heterocycles. The minimum atomic E-state index is -4.57. The Bertz CT molecular complexity index is 1160. The van der Waals surface area contributed by atoms with Crippen molar-refractivity contribution in [3.63, 3.8) is 0 Å². The van der Waals surface area contributed by atoms with Gasteiger partial charge in [0, 0.05) is 11.3 Å². The van der Waals surface area contributed by atoms with Gasteiger partial charge in [-0.15, -0.1) is 0 Å². The molecule has 3 N–H and O–H groups in total. The molecule has 7 nitrogen and oxygen atoms in total. The summed E-state index contributed by atoms with van der Waals surface area (Å²) in [7, 11) is 0. The van der Waals surface area contributed by atoms with Crippen molar-refractivity contribution in [1.29, 1.82) is 0 Å². The summed E-state index contributed by atoms with van der Waals surface area (Å²) in [5.41, 5.74) is 4.19. The smallest absolute Gasteiger partial charge is 0.422 e. The molecule has 2 aromatic rings. The van der Waals surface area contributed by atoms with Gasteiger partial charge in [-0.25, -0.2) is 23.1 Å². The van der Waals surface area contributed by atoms with Gasteiger partial charge in [-0.3, -0.25) is 9.79 Å². The maximum Gasteiger partial charge on any atom is 0.422 e. The van der Waals surface area contributed by atoms with E-state index in [0.717, 1.165) is 12.3 Å². The molecule has 35 heavy (non-hydrogen) atoms. The van der Waals surface area contributed by atoms with E-state index in [9.17, 15) is 31.1 Å². The maximum absolute atomic E-state index is 14.8. The number of nitrogens with zero attached hydrogens (tertiary/aromatic N) is 3. The number of thioether (sulfide) groups is 1. The van der Waals surface area contributed by atoms with Crippen LogP contribution in [0.4, 0.5) is 32.0 Å². The second-order valence-corrected chi connectivity index (χ2v) is 9.87. The molecule has 3 rings (SSSR count). The second-order valence-electron chi connectivity index (χ2n) is 8.31. The zero-order valence-electron chi connectivity index (χ0n) is 18.7. The molecule has 1 aromatic carbocycles. The van der Waals surface area contributed by atoms with Crippen LogP contribution in [0.1, 0.15) is 42.0 Å². The lowest BCUT2D eigenvalue weighted by Crippen LogP contribution is -2.44. The van der Waals surface area contributed by atoms with E-state index in [2.05, 4.69) is 25.0 Å². The highest BCUT2D eigenvalue weighted by Gasteiger charge is 2.48. The molecule has 0 fully saturated rings. The van der Waals surface area contributed by atoms with Crippen LogP contribution < -0.4 is 15.8 Å². The molecular formula is C21H21F6N5O2S. The number of ether oxygens (including phenoxy) is 1. The highest BCUT2D eigenvalue weighted by molar-refractivity contribution is 8.15. The molecule has 0 bridgehead atoms. The highest BCUT2D eigenvalue weighted by atomic mass is 32.2. The maximum atomic E-state index is 14.8. The first kappa shape index (κ1) is 26.6. The third-order valence-corrected chi connectivity index (χ3v) is 6.27. The van der Waals surface area contributed by atoms with Crippen LogP contribution in [0.25, 0.3) is 0 Å². The van der Waals surface area contributed by atoms with Crippen LogP contribution in [0.15, 0.2) is 29.4 Å². The number of halogens is 6. The quantitative estimate of drug-likeness (QED) is 0.529. The predicted molar refractivity (Wildman–Crippen MR) is 118 cm³/mol. The summed E-state index contributed by atoms with van der Waals surface area (Å²) in [6.45, 7) is 2.57. The number of benzene rings is 1. The van der Waals surface area contributed by atoms with Gasteiger partial charge in [0.25, 0.3) is 12.3 Å². The summed E-state index contributed by atoms with van der Waals surface area (Å²) in [6.07, 6.45) is -6.67. The molecule has 14 heteroatoms. The Morgan fingerprint density at radius 2 is 2.00 bits per heavy atom. The second kappa shape index (κ2) is 9.55. The number of alkyl halides is 5. The fourth-order valence-corrected chi connectivity index (χ4v) is 4.82. The lowest BCUT2D eigenvalue weighted by Gasteiger charge is -2.40. The molecule has 0 aliphatic carbocycles. The number of nitrogens with two attached hydrogens (primary N) is 1. The molecule has 1 aliphatic rings. The topological polar surface area (TPSA) is 102 Å². The van der Waals surface area contributed by atoms with Gasteiger partial charge < -0.3 is 15.8 Å². The van der Waals surface area contributed by atoms with E-state index in [1.165, 1.54) is 32.9 Å². The minimum absolute atomic E-state index is 0.00847. The van der Waals surface area contributed by atoms with Crippen molar-refractivity contribution in [1.82, 2.24) is 9.97 Å². The van der Waals surface area contributed by atoms with Crippen molar-refractivity contribution in [3.05, 3.63) is 47.2 Å². The van der Waals surface area contributed by atoms with Crippen molar-refractivity contribution < 1.29 is 35.9 Å². The molecule has 190 valence electrons. The average Bonchev–Trinajstić information content (AvgIpc) is 2.72. The number of carbonyl (C=O) groups is 1. The molecule has 1 aromatic heterocycles. The summed E-state index contributed by atoms with van der Waals surface area (Å²) < 4.78 is 82.0. The number of aromatic nitrogens is 2. The summed E-state index contributed by atoms with van der Waals surface area (Å²) in [4.78, 5) is 24.5. The Kier molecular flexibility index (Phi) is 7.25. The summed E-state index contributed by atoms with van der Waals surface area (Å²) in [6, 6.07) is 3.56. The fourth-order valence-electron chi connectivity index (χ4n) is 3.66. The number of aliphatic imine (C=N–C) groups is 1. The number of rotatable bonds is 6. The van der Waals surface area contributed by atoms with E-state index in [1.807, 2.05) is 0 Å². The standard InChI is InChI=1S/C21H21F6N5O2S/c1-10-15(29-7-14(30-10)34-9-21(25,26)27)16(33)31-11-4-5-13(22)12(6-11)19(2)8-20(3,17(23)24)35-18(28)32-19/h4-7,17H,8-9H2,1-3H3,(H2,28,32)(H,31,33)/t19-,20+/m0/s1. The number of aryl methyl sites for hydroxylation is 1. The van der Waals surface area contributed by atoms with Crippen LogP contribution >= 0.6 is 11.8 Å². The SMILES string of the molecule is Cc1nc(OCC(F)(F)F)cnc1C(=O)Nc1ccc(F)c([C@]2(C)C[C@](C)(C(F)F)SC(N)=N2)c1. The van der Waals surface area contributed by atoms with E-state index in [4.69, 9.17) is 5.73 Å². The van der Waals surface area contributed by atoms with Crippen LogP contribution in [0, 0.1) is 12.7 Å². The summed E-state index contributed by atoms with van der Waals surface area (Å²) >= 11 is 0.717. The monoisotopic (exact) mass is 521 g/mol. The van der Waals surface area contributed by atoms with Crippen LogP contribution in [0.3, 0.4) is 0 Å². The number of hydrogen-bond acceptors (Lipinski definition) is 7. The van der Waals surface area contributed by atoms with Crippen molar-refractivity contribution in [2.75, 3.05) is 11.9 Å². The number of amidine groups is 1. The molecule has 0 spiro atoms. The Balaban J connectivity index is 1.84. The molecule has 1 aliphatic heterocycles. The number of hydrogen-bond donors (Lipinski definition) is 2. The minimum Gasteiger partial charge on any atom is -0.467 e. The van der Waals surface area contributed by atoms with Crippen LogP contribution in [-0.4, -0.2) is 45.0 Å². The Morgan fingerprint density at radius 3 is 2.60 bits per heavy atom. The van der Waals surface area contributed by atoms with E-state index >= 15 is 0 Å². The molecule has 2 heterocycles.